The van der Waals surface area contributed by atoms with E-state index in [1.807, 2.05) is 30.3 Å². The molecule has 1 aromatic carbocycles. The largest absolute Gasteiger partial charge is 0.388 e. The predicted molar refractivity (Wildman–Crippen MR) is 82.2 cm³/mol. The molecule has 0 bridgehead atoms. The second-order valence-electron chi connectivity index (χ2n) is 5.24. The number of aliphatic hydroxyl groups is 3. The zero-order valence-electron chi connectivity index (χ0n) is 12.7. The summed E-state index contributed by atoms with van der Waals surface area (Å²) in [5, 5.41) is 31.9. The number of carbonyl (C=O) groups excluding carboxylic acids is 1. The quantitative estimate of drug-likeness (QED) is 0.532. The van der Waals surface area contributed by atoms with E-state index in [9.17, 15) is 20.1 Å². The number of hydrogen-bond acceptors (Lipinski definition) is 6. The van der Waals surface area contributed by atoms with Crippen molar-refractivity contribution in [3.63, 3.8) is 0 Å². The lowest BCUT2D eigenvalue weighted by Gasteiger charge is -2.39. The topological polar surface area (TPSA) is 108 Å². The van der Waals surface area contributed by atoms with Gasteiger partial charge in [-0.25, -0.2) is 0 Å². The fraction of sp³-hybridized carbons (Fsp3) is 0.438. The Morgan fingerprint density at radius 3 is 2.57 bits per heavy atom. The van der Waals surface area contributed by atoms with Gasteiger partial charge in [-0.3, -0.25) is 4.79 Å². The van der Waals surface area contributed by atoms with E-state index >= 15 is 0 Å². The van der Waals surface area contributed by atoms with Crippen LogP contribution in [0.5, 0.6) is 0 Å². The van der Waals surface area contributed by atoms with Crippen LogP contribution in [0.25, 0.3) is 6.08 Å². The van der Waals surface area contributed by atoms with Crippen molar-refractivity contribution in [3.05, 3.63) is 42.0 Å². The zero-order valence-corrected chi connectivity index (χ0v) is 12.7. The van der Waals surface area contributed by atoms with Gasteiger partial charge in [0.25, 0.3) is 0 Å². The van der Waals surface area contributed by atoms with Crippen LogP contribution in [-0.2, 0) is 14.3 Å². The molecule has 1 aromatic rings. The van der Waals surface area contributed by atoms with E-state index in [0.29, 0.717) is 0 Å². The zero-order chi connectivity index (χ0) is 16.8. The van der Waals surface area contributed by atoms with E-state index in [2.05, 4.69) is 5.32 Å². The Labute approximate surface area is 134 Å². The average molecular weight is 323 g/mol. The minimum Gasteiger partial charge on any atom is -0.388 e. The maximum atomic E-state index is 11.8. The summed E-state index contributed by atoms with van der Waals surface area (Å²) in [6.07, 6.45) is -3.00. The third kappa shape index (κ3) is 4.60. The molecule has 0 saturated carbocycles. The maximum absolute atomic E-state index is 11.8. The third-order valence-electron chi connectivity index (χ3n) is 3.61. The summed E-state index contributed by atoms with van der Waals surface area (Å²) in [5.41, 5.74) is 0.884. The standard InChI is InChI=1S/C16H21NO6/c1-22-16-15(21)14(20)13(19)11(23-16)9-17-12(18)8-7-10-5-3-2-4-6-10/h2-8,11,13-16,19-21H,9H2,1H3,(H,17,18)/t11-,13-,14+,15+,16+/m1/s1. The van der Waals surface area contributed by atoms with E-state index in [0.717, 1.165) is 5.56 Å². The van der Waals surface area contributed by atoms with E-state index < -0.39 is 30.7 Å². The van der Waals surface area contributed by atoms with Crippen LogP contribution in [-0.4, -0.2) is 65.6 Å². The highest BCUT2D eigenvalue weighted by atomic mass is 16.7. The first kappa shape index (κ1) is 17.6. The smallest absolute Gasteiger partial charge is 0.244 e. The number of amides is 1. The van der Waals surface area contributed by atoms with Crippen LogP contribution in [0.2, 0.25) is 0 Å². The predicted octanol–water partition coefficient (Wildman–Crippen LogP) is -0.730. The fourth-order valence-corrected chi connectivity index (χ4v) is 2.28. The van der Waals surface area contributed by atoms with Gasteiger partial charge in [0, 0.05) is 19.7 Å². The summed E-state index contributed by atoms with van der Waals surface area (Å²) >= 11 is 0. The number of aliphatic hydroxyl groups excluding tert-OH is 3. The van der Waals surface area contributed by atoms with Gasteiger partial charge in [-0.2, -0.15) is 0 Å². The number of nitrogens with one attached hydrogen (secondary N) is 1. The molecule has 1 amide bonds. The number of benzene rings is 1. The number of rotatable bonds is 5. The Bertz CT molecular complexity index is 533. The summed E-state index contributed by atoms with van der Waals surface area (Å²) in [7, 11) is 1.32. The first-order valence-electron chi connectivity index (χ1n) is 7.26. The molecule has 7 nitrogen and oxygen atoms in total. The first-order valence-corrected chi connectivity index (χ1v) is 7.26. The van der Waals surface area contributed by atoms with Gasteiger partial charge in [-0.15, -0.1) is 0 Å². The molecule has 126 valence electrons. The molecular formula is C16H21NO6. The van der Waals surface area contributed by atoms with Gasteiger partial charge in [0.15, 0.2) is 6.29 Å². The van der Waals surface area contributed by atoms with Crippen LogP contribution in [0.15, 0.2) is 36.4 Å². The van der Waals surface area contributed by atoms with Crippen LogP contribution in [0.1, 0.15) is 5.56 Å². The molecule has 1 aliphatic rings. The van der Waals surface area contributed by atoms with Gasteiger partial charge in [0.1, 0.15) is 24.4 Å². The fourth-order valence-electron chi connectivity index (χ4n) is 2.28. The number of methoxy groups -OCH3 is 1. The van der Waals surface area contributed by atoms with Gasteiger partial charge in [0.2, 0.25) is 5.91 Å². The van der Waals surface area contributed by atoms with Crippen molar-refractivity contribution >= 4 is 12.0 Å². The summed E-state index contributed by atoms with van der Waals surface area (Å²) in [6, 6.07) is 9.32. The molecule has 4 N–H and O–H groups in total. The molecular weight excluding hydrogens is 302 g/mol. The van der Waals surface area contributed by atoms with Gasteiger partial charge in [-0.05, 0) is 11.6 Å². The van der Waals surface area contributed by atoms with Crippen molar-refractivity contribution in [2.45, 2.75) is 30.7 Å². The Morgan fingerprint density at radius 2 is 1.91 bits per heavy atom. The van der Waals surface area contributed by atoms with Gasteiger partial charge in [0.05, 0.1) is 0 Å². The van der Waals surface area contributed by atoms with Gasteiger partial charge >= 0.3 is 0 Å². The first-order chi connectivity index (χ1) is 11.0. The molecule has 0 aromatic heterocycles. The molecule has 1 aliphatic heterocycles. The molecule has 1 fully saturated rings. The Kier molecular flexibility index (Phi) is 6.26. The van der Waals surface area contributed by atoms with Crippen LogP contribution in [0.3, 0.4) is 0 Å². The molecule has 2 rings (SSSR count). The van der Waals surface area contributed by atoms with Crippen LogP contribution in [0.4, 0.5) is 0 Å². The van der Waals surface area contributed by atoms with Crippen LogP contribution >= 0.6 is 0 Å². The lowest BCUT2D eigenvalue weighted by atomic mass is 9.99. The number of carbonyl (C=O) groups is 1. The highest BCUT2D eigenvalue weighted by Gasteiger charge is 2.43. The molecule has 23 heavy (non-hydrogen) atoms. The number of hydrogen-bond donors (Lipinski definition) is 4. The highest BCUT2D eigenvalue weighted by Crippen LogP contribution is 2.21. The Balaban J connectivity index is 1.87. The van der Waals surface area contributed by atoms with Gasteiger partial charge < -0.3 is 30.1 Å². The Morgan fingerprint density at radius 1 is 1.22 bits per heavy atom. The summed E-state index contributed by atoms with van der Waals surface area (Å²) in [5.74, 6) is -0.362. The monoisotopic (exact) mass is 323 g/mol. The number of ether oxygens (including phenoxy) is 2. The molecule has 1 heterocycles. The van der Waals surface area contributed by atoms with Gasteiger partial charge in [-0.1, -0.05) is 30.3 Å². The summed E-state index contributed by atoms with van der Waals surface area (Å²) in [4.78, 5) is 11.8. The van der Waals surface area contributed by atoms with Crippen molar-refractivity contribution in [2.24, 2.45) is 0 Å². The molecule has 0 spiro atoms. The molecule has 7 heteroatoms. The summed E-state index contributed by atoms with van der Waals surface area (Å²) in [6.45, 7) is -0.0250. The highest BCUT2D eigenvalue weighted by molar-refractivity contribution is 5.91. The SMILES string of the molecule is CO[C@H]1O[C@H](CNC(=O)C=Cc2ccccc2)[C@@H](O)[C@H](O)[C@@H]1O. The Hall–Kier alpha value is -1.77. The maximum Gasteiger partial charge on any atom is 0.244 e. The minimum atomic E-state index is -1.41. The average Bonchev–Trinajstić information content (AvgIpc) is 2.58. The van der Waals surface area contributed by atoms with E-state index in [1.165, 1.54) is 13.2 Å². The lowest BCUT2D eigenvalue weighted by molar-refractivity contribution is -0.288. The van der Waals surface area contributed by atoms with Crippen molar-refractivity contribution in [2.75, 3.05) is 13.7 Å². The normalized spacial score (nSPS) is 31.2. The third-order valence-corrected chi connectivity index (χ3v) is 3.61. The molecule has 0 unspecified atom stereocenters. The second kappa shape index (κ2) is 8.19. The molecule has 0 aliphatic carbocycles. The van der Waals surface area contributed by atoms with Crippen molar-refractivity contribution < 1.29 is 29.6 Å². The molecule has 0 radical (unpaired) electrons. The van der Waals surface area contributed by atoms with Crippen LogP contribution < -0.4 is 5.32 Å². The van der Waals surface area contributed by atoms with E-state index in [4.69, 9.17) is 9.47 Å². The van der Waals surface area contributed by atoms with E-state index in [-0.39, 0.29) is 12.5 Å². The minimum absolute atomic E-state index is 0.0250. The summed E-state index contributed by atoms with van der Waals surface area (Å²) < 4.78 is 10.2. The van der Waals surface area contributed by atoms with E-state index in [1.54, 1.807) is 6.08 Å². The van der Waals surface area contributed by atoms with Crippen LogP contribution in [0, 0.1) is 0 Å². The second-order valence-corrected chi connectivity index (χ2v) is 5.24. The van der Waals surface area contributed by atoms with Crippen molar-refractivity contribution in [3.8, 4) is 0 Å². The van der Waals surface area contributed by atoms with Crippen molar-refractivity contribution in [1.29, 1.82) is 0 Å². The molecule has 1 saturated heterocycles. The van der Waals surface area contributed by atoms with Crippen molar-refractivity contribution in [1.82, 2.24) is 5.32 Å². The molecule has 5 atom stereocenters. The lowest BCUT2D eigenvalue weighted by Crippen LogP contribution is -2.60.